The molecule has 0 aliphatic rings. The molecule has 2 aromatic rings. The fourth-order valence-electron chi connectivity index (χ4n) is 1.95. The molecule has 0 aromatic heterocycles. The number of hydrogen-bond acceptors (Lipinski definition) is 3. The lowest BCUT2D eigenvalue weighted by Gasteiger charge is -2.13. The Balaban J connectivity index is 2.18. The lowest BCUT2D eigenvalue weighted by Crippen LogP contribution is -2.00. The molecular weight excluding hydrogens is 318 g/mol. The van der Waals surface area contributed by atoms with Crippen molar-refractivity contribution >= 4 is 21.6 Å². The summed E-state index contributed by atoms with van der Waals surface area (Å²) in [6.07, 6.45) is 0. The molecule has 0 spiro atoms. The maximum Gasteiger partial charge on any atom is 0.124 e. The van der Waals surface area contributed by atoms with Crippen LogP contribution in [0.15, 0.2) is 34.8 Å². The summed E-state index contributed by atoms with van der Waals surface area (Å²) in [5.74, 6) is 1.62. The van der Waals surface area contributed by atoms with Crippen molar-refractivity contribution in [3.63, 3.8) is 0 Å². The third-order valence-corrected chi connectivity index (χ3v) is 3.97. The minimum atomic E-state index is 0.459. The normalized spacial score (nSPS) is 10.4. The van der Waals surface area contributed by atoms with Crippen LogP contribution in [0.1, 0.15) is 16.7 Å². The monoisotopic (exact) mass is 335 g/mol. The standard InChI is InChI=1S/C16H18BrNO2/c1-10-6-11(2)16(8-15(10)18)20-9-12-7-13(19-3)4-5-14(12)17/h4-8H,9,18H2,1-3H3. The molecule has 0 amide bonds. The van der Waals surface area contributed by atoms with Crippen molar-refractivity contribution in [1.29, 1.82) is 0 Å². The highest BCUT2D eigenvalue weighted by Gasteiger charge is 2.07. The summed E-state index contributed by atoms with van der Waals surface area (Å²) in [4.78, 5) is 0. The Kier molecular flexibility index (Phi) is 4.55. The molecule has 2 N–H and O–H groups in total. The SMILES string of the molecule is COc1ccc(Br)c(COc2cc(N)c(C)cc2C)c1. The zero-order valence-electron chi connectivity index (χ0n) is 11.9. The predicted octanol–water partition coefficient (Wildman–Crippen LogP) is 4.24. The van der Waals surface area contributed by atoms with Gasteiger partial charge in [-0.3, -0.25) is 0 Å². The van der Waals surface area contributed by atoms with Crippen molar-refractivity contribution in [3.8, 4) is 11.5 Å². The molecule has 0 atom stereocenters. The van der Waals surface area contributed by atoms with E-state index < -0.39 is 0 Å². The van der Waals surface area contributed by atoms with Crippen LogP contribution >= 0.6 is 15.9 Å². The van der Waals surface area contributed by atoms with Gasteiger partial charge in [-0.15, -0.1) is 0 Å². The van der Waals surface area contributed by atoms with Gasteiger partial charge in [0.1, 0.15) is 18.1 Å². The highest BCUT2D eigenvalue weighted by Crippen LogP contribution is 2.27. The molecule has 4 heteroatoms. The van der Waals surface area contributed by atoms with E-state index in [0.717, 1.165) is 38.3 Å². The summed E-state index contributed by atoms with van der Waals surface area (Å²) in [7, 11) is 1.65. The summed E-state index contributed by atoms with van der Waals surface area (Å²) in [6, 6.07) is 9.72. The van der Waals surface area contributed by atoms with Crippen LogP contribution in [0.4, 0.5) is 5.69 Å². The second-order valence-electron chi connectivity index (χ2n) is 4.72. The van der Waals surface area contributed by atoms with Crippen LogP contribution < -0.4 is 15.2 Å². The van der Waals surface area contributed by atoms with Crippen LogP contribution in [0, 0.1) is 13.8 Å². The zero-order chi connectivity index (χ0) is 14.7. The maximum atomic E-state index is 5.92. The van der Waals surface area contributed by atoms with Gasteiger partial charge in [-0.1, -0.05) is 22.0 Å². The molecule has 0 heterocycles. The van der Waals surface area contributed by atoms with Crippen LogP contribution in [-0.2, 0) is 6.61 Å². The third kappa shape index (κ3) is 3.25. The number of nitrogens with two attached hydrogens (primary N) is 1. The maximum absolute atomic E-state index is 5.92. The topological polar surface area (TPSA) is 44.5 Å². The average Bonchev–Trinajstić information content (AvgIpc) is 2.43. The Labute approximate surface area is 127 Å². The lowest BCUT2D eigenvalue weighted by atomic mass is 10.1. The van der Waals surface area contributed by atoms with Crippen LogP contribution in [0.3, 0.4) is 0 Å². The molecular formula is C16H18BrNO2. The number of hydrogen-bond donors (Lipinski definition) is 1. The summed E-state index contributed by atoms with van der Waals surface area (Å²) in [5, 5.41) is 0. The van der Waals surface area contributed by atoms with Crippen LogP contribution in [0.25, 0.3) is 0 Å². The van der Waals surface area contributed by atoms with Crippen LogP contribution in [-0.4, -0.2) is 7.11 Å². The fourth-order valence-corrected chi connectivity index (χ4v) is 2.31. The molecule has 106 valence electrons. The molecule has 0 fully saturated rings. The second kappa shape index (κ2) is 6.18. The molecule has 3 nitrogen and oxygen atoms in total. The highest BCUT2D eigenvalue weighted by atomic mass is 79.9. The fraction of sp³-hybridized carbons (Fsp3) is 0.250. The number of rotatable bonds is 4. The van der Waals surface area contributed by atoms with Crippen molar-refractivity contribution in [2.24, 2.45) is 0 Å². The summed E-state index contributed by atoms with van der Waals surface area (Å²) in [6.45, 7) is 4.47. The molecule has 2 aromatic carbocycles. The van der Waals surface area contributed by atoms with E-state index in [1.165, 1.54) is 0 Å². The Hall–Kier alpha value is -1.68. The van der Waals surface area contributed by atoms with E-state index in [9.17, 15) is 0 Å². The molecule has 0 aliphatic carbocycles. The number of anilines is 1. The van der Waals surface area contributed by atoms with Gasteiger partial charge in [-0.05, 0) is 43.2 Å². The minimum Gasteiger partial charge on any atom is -0.497 e. The third-order valence-electron chi connectivity index (χ3n) is 3.20. The van der Waals surface area contributed by atoms with Crippen LogP contribution in [0.2, 0.25) is 0 Å². The van der Waals surface area contributed by atoms with E-state index in [4.69, 9.17) is 15.2 Å². The van der Waals surface area contributed by atoms with Crippen molar-refractivity contribution in [3.05, 3.63) is 51.5 Å². The molecule has 20 heavy (non-hydrogen) atoms. The number of aryl methyl sites for hydroxylation is 2. The van der Waals surface area contributed by atoms with Gasteiger partial charge in [0.25, 0.3) is 0 Å². The van der Waals surface area contributed by atoms with E-state index in [1.807, 2.05) is 44.2 Å². The number of halogens is 1. The predicted molar refractivity (Wildman–Crippen MR) is 85.4 cm³/mol. The van der Waals surface area contributed by atoms with Gasteiger partial charge in [0.2, 0.25) is 0 Å². The molecule has 0 bridgehead atoms. The molecule has 2 rings (SSSR count). The molecule has 0 saturated carbocycles. The van der Waals surface area contributed by atoms with E-state index >= 15 is 0 Å². The van der Waals surface area contributed by atoms with Crippen molar-refractivity contribution < 1.29 is 9.47 Å². The number of ether oxygens (including phenoxy) is 2. The van der Waals surface area contributed by atoms with Crippen molar-refractivity contribution in [1.82, 2.24) is 0 Å². The Morgan fingerprint density at radius 2 is 1.85 bits per heavy atom. The minimum absolute atomic E-state index is 0.459. The van der Waals surface area contributed by atoms with Gasteiger partial charge in [-0.2, -0.15) is 0 Å². The number of nitrogen functional groups attached to an aromatic ring is 1. The summed E-state index contributed by atoms with van der Waals surface area (Å²) in [5.41, 5.74) is 9.85. The Bertz CT molecular complexity index is 626. The zero-order valence-corrected chi connectivity index (χ0v) is 13.5. The summed E-state index contributed by atoms with van der Waals surface area (Å²) >= 11 is 3.52. The first-order valence-electron chi connectivity index (χ1n) is 6.33. The van der Waals surface area contributed by atoms with Gasteiger partial charge < -0.3 is 15.2 Å². The van der Waals surface area contributed by atoms with Gasteiger partial charge in [-0.25, -0.2) is 0 Å². The number of methoxy groups -OCH3 is 1. The quantitative estimate of drug-likeness (QED) is 0.850. The average molecular weight is 336 g/mol. The van der Waals surface area contributed by atoms with E-state index in [0.29, 0.717) is 6.61 Å². The van der Waals surface area contributed by atoms with Crippen molar-refractivity contribution in [2.75, 3.05) is 12.8 Å². The first kappa shape index (κ1) is 14.7. The molecule has 0 unspecified atom stereocenters. The largest absolute Gasteiger partial charge is 0.497 e. The first-order valence-corrected chi connectivity index (χ1v) is 7.12. The Morgan fingerprint density at radius 3 is 2.55 bits per heavy atom. The second-order valence-corrected chi connectivity index (χ2v) is 5.57. The first-order chi connectivity index (χ1) is 9.51. The van der Waals surface area contributed by atoms with E-state index in [1.54, 1.807) is 7.11 Å². The molecule has 0 radical (unpaired) electrons. The van der Waals surface area contributed by atoms with Gasteiger partial charge in [0, 0.05) is 21.8 Å². The van der Waals surface area contributed by atoms with Crippen LogP contribution in [0.5, 0.6) is 11.5 Å². The van der Waals surface area contributed by atoms with E-state index in [2.05, 4.69) is 15.9 Å². The number of benzene rings is 2. The summed E-state index contributed by atoms with van der Waals surface area (Å²) < 4.78 is 12.1. The molecule has 0 aliphatic heterocycles. The lowest BCUT2D eigenvalue weighted by molar-refractivity contribution is 0.302. The molecule has 0 saturated heterocycles. The van der Waals surface area contributed by atoms with E-state index in [-0.39, 0.29) is 0 Å². The van der Waals surface area contributed by atoms with Crippen molar-refractivity contribution in [2.45, 2.75) is 20.5 Å². The highest BCUT2D eigenvalue weighted by molar-refractivity contribution is 9.10. The Morgan fingerprint density at radius 1 is 1.10 bits per heavy atom. The smallest absolute Gasteiger partial charge is 0.124 e. The van der Waals surface area contributed by atoms with Gasteiger partial charge in [0.05, 0.1) is 7.11 Å². The van der Waals surface area contributed by atoms with Gasteiger partial charge in [0.15, 0.2) is 0 Å². The van der Waals surface area contributed by atoms with Gasteiger partial charge >= 0.3 is 0 Å².